The van der Waals surface area contributed by atoms with E-state index < -0.39 is 0 Å². The summed E-state index contributed by atoms with van der Waals surface area (Å²) < 4.78 is 12.1. The molecule has 1 aliphatic rings. The number of ether oxygens (including phenoxy) is 1. The van der Waals surface area contributed by atoms with E-state index in [2.05, 4.69) is 5.32 Å². The SMILES string of the molecule is [2H]C1CNCCCO1. The molecule has 1 saturated heterocycles. The summed E-state index contributed by atoms with van der Waals surface area (Å²) in [6.07, 6.45) is 1.04. The molecule has 0 amide bonds. The molecule has 0 bridgehead atoms. The highest BCUT2D eigenvalue weighted by atomic mass is 16.5. The summed E-state index contributed by atoms with van der Waals surface area (Å²) in [5, 5.41) is 3.08. The van der Waals surface area contributed by atoms with Crippen LogP contribution in [-0.4, -0.2) is 26.3 Å². The van der Waals surface area contributed by atoms with Crippen molar-refractivity contribution in [2.24, 2.45) is 0 Å². The van der Waals surface area contributed by atoms with Gasteiger partial charge in [-0.3, -0.25) is 0 Å². The fourth-order valence-corrected chi connectivity index (χ4v) is 0.584. The molecule has 2 heteroatoms. The van der Waals surface area contributed by atoms with Crippen LogP contribution < -0.4 is 5.32 Å². The molecule has 1 atom stereocenters. The zero-order valence-electron chi connectivity index (χ0n) is 5.31. The lowest BCUT2D eigenvalue weighted by atomic mass is 10.5. The maximum absolute atomic E-state index is 7.13. The lowest BCUT2D eigenvalue weighted by Gasteiger charge is -1.91. The lowest BCUT2D eigenvalue weighted by molar-refractivity contribution is 0.151. The number of rotatable bonds is 0. The highest BCUT2D eigenvalue weighted by molar-refractivity contribution is 4.50. The monoisotopic (exact) mass is 102 g/mol. The van der Waals surface area contributed by atoms with Gasteiger partial charge in [0.05, 0.1) is 7.95 Å². The zero-order valence-corrected chi connectivity index (χ0v) is 4.31. The second-order valence-corrected chi connectivity index (χ2v) is 1.60. The molecule has 1 N–H and O–H groups in total. The Morgan fingerprint density at radius 3 is 3.57 bits per heavy atom. The molecule has 0 radical (unpaired) electrons. The molecule has 0 aliphatic carbocycles. The highest BCUT2D eigenvalue weighted by Crippen LogP contribution is 1.83. The Balaban J connectivity index is 2.17. The van der Waals surface area contributed by atoms with Crippen LogP contribution in [-0.2, 0) is 4.74 Å². The maximum Gasteiger partial charge on any atom is 0.0590 e. The van der Waals surface area contributed by atoms with Gasteiger partial charge in [-0.1, -0.05) is 0 Å². The Morgan fingerprint density at radius 2 is 2.57 bits per heavy atom. The maximum atomic E-state index is 7.13. The van der Waals surface area contributed by atoms with E-state index in [9.17, 15) is 0 Å². The minimum atomic E-state index is -0.336. The Labute approximate surface area is 45.3 Å². The Morgan fingerprint density at radius 1 is 1.57 bits per heavy atom. The molecule has 1 rings (SSSR count). The van der Waals surface area contributed by atoms with Crippen LogP contribution in [0.3, 0.4) is 0 Å². The molecule has 0 spiro atoms. The van der Waals surface area contributed by atoms with E-state index in [-0.39, 0.29) is 6.58 Å². The van der Waals surface area contributed by atoms with Crippen LogP contribution in [0.25, 0.3) is 0 Å². The van der Waals surface area contributed by atoms with Crippen LogP contribution in [0.1, 0.15) is 7.79 Å². The van der Waals surface area contributed by atoms with Gasteiger partial charge in [0.2, 0.25) is 0 Å². The van der Waals surface area contributed by atoms with Crippen LogP contribution in [0, 0.1) is 0 Å². The molecule has 42 valence electrons. The fraction of sp³-hybridized carbons (Fsp3) is 1.00. The van der Waals surface area contributed by atoms with Crippen LogP contribution in [0.4, 0.5) is 0 Å². The zero-order chi connectivity index (χ0) is 5.82. The number of hydrogen-bond acceptors (Lipinski definition) is 2. The molecule has 0 saturated carbocycles. The topological polar surface area (TPSA) is 21.3 Å². The van der Waals surface area contributed by atoms with Crippen LogP contribution in [0.15, 0.2) is 0 Å². The summed E-state index contributed by atoms with van der Waals surface area (Å²) in [5.74, 6) is 0. The van der Waals surface area contributed by atoms with Crippen LogP contribution in [0.2, 0.25) is 0 Å². The summed E-state index contributed by atoms with van der Waals surface area (Å²) in [6.45, 7) is 2.08. The van der Waals surface area contributed by atoms with Gasteiger partial charge in [-0.25, -0.2) is 0 Å². The predicted octanol–water partition coefficient (Wildman–Crippen LogP) is -0.00370. The van der Waals surface area contributed by atoms with Crippen molar-refractivity contribution in [3.8, 4) is 0 Å². The van der Waals surface area contributed by atoms with Crippen molar-refractivity contribution in [1.82, 2.24) is 5.32 Å². The molecule has 7 heavy (non-hydrogen) atoms. The highest BCUT2D eigenvalue weighted by Gasteiger charge is 1.93. The second kappa shape index (κ2) is 2.99. The third-order valence-electron chi connectivity index (χ3n) is 0.961. The van der Waals surface area contributed by atoms with Gasteiger partial charge in [-0.2, -0.15) is 0 Å². The minimum absolute atomic E-state index is 0.336. The molecule has 1 aliphatic heterocycles. The van der Waals surface area contributed by atoms with E-state index in [1.807, 2.05) is 0 Å². The van der Waals surface area contributed by atoms with Crippen molar-refractivity contribution in [2.75, 3.05) is 26.3 Å². The van der Waals surface area contributed by atoms with Crippen molar-refractivity contribution in [2.45, 2.75) is 6.42 Å². The lowest BCUT2D eigenvalue weighted by Crippen LogP contribution is -2.15. The summed E-state index contributed by atoms with van der Waals surface area (Å²) >= 11 is 0. The summed E-state index contributed by atoms with van der Waals surface area (Å²) in [5.41, 5.74) is 0. The second-order valence-electron chi connectivity index (χ2n) is 1.60. The summed E-state index contributed by atoms with van der Waals surface area (Å²) in [6, 6.07) is 0. The first-order valence-corrected chi connectivity index (χ1v) is 2.64. The largest absolute Gasteiger partial charge is 0.380 e. The van der Waals surface area contributed by atoms with Gasteiger partial charge in [0.15, 0.2) is 0 Å². The quantitative estimate of drug-likeness (QED) is 0.464. The molecule has 0 aromatic carbocycles. The molecule has 1 unspecified atom stereocenters. The molecule has 0 aromatic heterocycles. The third kappa shape index (κ3) is 1.90. The molecular formula is C5H11NO. The summed E-state index contributed by atoms with van der Waals surface area (Å²) in [4.78, 5) is 0. The van der Waals surface area contributed by atoms with Gasteiger partial charge in [0.25, 0.3) is 0 Å². The van der Waals surface area contributed by atoms with Gasteiger partial charge < -0.3 is 10.1 Å². The van der Waals surface area contributed by atoms with Gasteiger partial charge >= 0.3 is 0 Å². The van der Waals surface area contributed by atoms with E-state index in [0.717, 1.165) is 19.6 Å². The molecule has 1 fully saturated rings. The fourth-order valence-electron chi connectivity index (χ4n) is 0.584. The molecular weight excluding hydrogens is 90.1 g/mol. The predicted molar refractivity (Wildman–Crippen MR) is 28.3 cm³/mol. The van der Waals surface area contributed by atoms with Crippen molar-refractivity contribution in [1.29, 1.82) is 0 Å². The van der Waals surface area contributed by atoms with Crippen molar-refractivity contribution in [3.63, 3.8) is 0 Å². The minimum Gasteiger partial charge on any atom is -0.380 e. The van der Waals surface area contributed by atoms with Gasteiger partial charge in [-0.15, -0.1) is 0 Å². The molecule has 2 nitrogen and oxygen atoms in total. The Hall–Kier alpha value is -0.0800. The van der Waals surface area contributed by atoms with Crippen molar-refractivity contribution in [3.05, 3.63) is 0 Å². The standard InChI is InChI=1S/C5H11NO/c1-2-6-3-5-7-4-1/h6H,1-5H2/i5D. The first-order valence-electron chi connectivity index (χ1n) is 3.22. The van der Waals surface area contributed by atoms with E-state index >= 15 is 0 Å². The third-order valence-corrected chi connectivity index (χ3v) is 0.961. The number of hydrogen-bond donors (Lipinski definition) is 1. The molecule has 1 heterocycles. The van der Waals surface area contributed by atoms with Gasteiger partial charge in [0, 0.05) is 13.2 Å². The Kier molecular flexibility index (Phi) is 1.65. The normalized spacial score (nSPS) is 36.6. The van der Waals surface area contributed by atoms with E-state index in [0.29, 0.717) is 6.54 Å². The first kappa shape index (κ1) is 3.87. The van der Waals surface area contributed by atoms with Crippen molar-refractivity contribution >= 4 is 0 Å². The van der Waals surface area contributed by atoms with Gasteiger partial charge in [0.1, 0.15) is 0 Å². The smallest absolute Gasteiger partial charge is 0.0590 e. The van der Waals surface area contributed by atoms with E-state index in [4.69, 9.17) is 6.11 Å². The van der Waals surface area contributed by atoms with Crippen LogP contribution >= 0.6 is 0 Å². The van der Waals surface area contributed by atoms with Gasteiger partial charge in [-0.05, 0) is 13.0 Å². The summed E-state index contributed by atoms with van der Waals surface area (Å²) in [7, 11) is 0. The molecule has 0 aromatic rings. The Bertz CT molecular complexity index is 61.4. The number of nitrogens with one attached hydrogen (secondary N) is 1. The van der Waals surface area contributed by atoms with Crippen LogP contribution in [0.5, 0.6) is 0 Å². The first-order chi connectivity index (χ1) is 3.89. The average molecular weight is 102 g/mol. The van der Waals surface area contributed by atoms with E-state index in [1.54, 1.807) is 0 Å². The average Bonchev–Trinajstić information content (AvgIpc) is 1.94. The van der Waals surface area contributed by atoms with Crippen molar-refractivity contribution < 1.29 is 6.11 Å². The van der Waals surface area contributed by atoms with E-state index in [1.165, 1.54) is 0 Å².